The lowest BCUT2D eigenvalue weighted by atomic mass is 10.0. The summed E-state index contributed by atoms with van der Waals surface area (Å²) in [6, 6.07) is 7.83. The number of carbonyl (C=O) groups is 1. The molecule has 104 valence electrons. The van der Waals surface area contributed by atoms with E-state index in [1.165, 1.54) is 12.1 Å². The van der Waals surface area contributed by atoms with Crippen molar-refractivity contribution in [1.82, 2.24) is 4.98 Å². The molecule has 0 aliphatic carbocycles. The maximum atomic E-state index is 12.4. The van der Waals surface area contributed by atoms with Gasteiger partial charge in [-0.15, -0.1) is 0 Å². The van der Waals surface area contributed by atoms with E-state index in [4.69, 9.17) is 0 Å². The molecule has 0 unspecified atom stereocenters. The summed E-state index contributed by atoms with van der Waals surface area (Å²) < 4.78 is 37.3. The highest BCUT2D eigenvalue weighted by molar-refractivity contribution is 5.97. The molecule has 2 aromatic rings. The first-order valence-electron chi connectivity index (χ1n) is 5.99. The number of aromatic nitrogens is 1. The Bertz CT molecular complexity index is 618. The van der Waals surface area contributed by atoms with Crippen LogP contribution in [0.1, 0.15) is 27.2 Å². The number of ketones is 1. The zero-order chi connectivity index (χ0) is 14.8. The summed E-state index contributed by atoms with van der Waals surface area (Å²) in [5.41, 5.74) is 1.01. The number of halogens is 3. The summed E-state index contributed by atoms with van der Waals surface area (Å²) >= 11 is 0. The third-order valence-electron chi connectivity index (χ3n) is 2.98. The van der Waals surface area contributed by atoms with Crippen LogP contribution in [-0.2, 0) is 12.6 Å². The molecule has 2 rings (SSSR count). The number of Topliss-reactive ketones (excluding diaryl/α,β-unsaturated/α-hetero) is 1. The fourth-order valence-electron chi connectivity index (χ4n) is 1.80. The van der Waals surface area contributed by atoms with Crippen LogP contribution in [0.4, 0.5) is 13.2 Å². The van der Waals surface area contributed by atoms with Gasteiger partial charge in [0.2, 0.25) is 0 Å². The molecule has 0 aliphatic rings. The first-order chi connectivity index (χ1) is 9.38. The first-order valence-corrected chi connectivity index (χ1v) is 5.99. The molecule has 5 heteroatoms. The van der Waals surface area contributed by atoms with Crippen LogP contribution in [0.5, 0.6) is 0 Å². The van der Waals surface area contributed by atoms with Gasteiger partial charge in [0.05, 0.1) is 17.7 Å². The van der Waals surface area contributed by atoms with Crippen LogP contribution in [0.2, 0.25) is 0 Å². The second-order valence-corrected chi connectivity index (χ2v) is 4.44. The van der Waals surface area contributed by atoms with Crippen LogP contribution in [-0.4, -0.2) is 10.8 Å². The quantitative estimate of drug-likeness (QED) is 0.799. The third-order valence-corrected chi connectivity index (χ3v) is 2.98. The Hall–Kier alpha value is -2.17. The van der Waals surface area contributed by atoms with E-state index >= 15 is 0 Å². The third kappa shape index (κ3) is 3.23. The summed E-state index contributed by atoms with van der Waals surface area (Å²) in [5.74, 6) is -0.250. The van der Waals surface area contributed by atoms with Gasteiger partial charge < -0.3 is 0 Å². The van der Waals surface area contributed by atoms with E-state index in [1.807, 2.05) is 13.0 Å². The molecule has 0 N–H and O–H groups in total. The maximum absolute atomic E-state index is 12.4. The Morgan fingerprint density at radius 1 is 1.15 bits per heavy atom. The Morgan fingerprint density at radius 3 is 2.35 bits per heavy atom. The van der Waals surface area contributed by atoms with Gasteiger partial charge in [0, 0.05) is 11.8 Å². The van der Waals surface area contributed by atoms with Crippen molar-refractivity contribution in [3.8, 4) is 0 Å². The van der Waals surface area contributed by atoms with Gasteiger partial charge in [-0.1, -0.05) is 18.2 Å². The maximum Gasteiger partial charge on any atom is 0.416 e. The molecule has 0 saturated heterocycles. The Balaban J connectivity index is 2.16. The molecule has 0 spiro atoms. The minimum absolute atomic E-state index is 0.0814. The van der Waals surface area contributed by atoms with Crippen LogP contribution in [0, 0.1) is 6.92 Å². The van der Waals surface area contributed by atoms with Crippen molar-refractivity contribution in [2.45, 2.75) is 19.5 Å². The number of benzene rings is 1. The summed E-state index contributed by atoms with van der Waals surface area (Å²) in [6.07, 6.45) is -2.72. The molecule has 1 heterocycles. The van der Waals surface area contributed by atoms with Crippen LogP contribution in [0.3, 0.4) is 0 Å². The topological polar surface area (TPSA) is 30.0 Å². The van der Waals surface area contributed by atoms with Crippen molar-refractivity contribution >= 4 is 5.78 Å². The zero-order valence-corrected chi connectivity index (χ0v) is 10.7. The van der Waals surface area contributed by atoms with Gasteiger partial charge in [-0.3, -0.25) is 9.78 Å². The number of carbonyl (C=O) groups excluding carboxylic acids is 1. The zero-order valence-electron chi connectivity index (χ0n) is 10.7. The highest BCUT2D eigenvalue weighted by atomic mass is 19.4. The number of nitrogens with zero attached hydrogens (tertiary/aromatic N) is 1. The molecule has 2 nitrogen and oxygen atoms in total. The average molecular weight is 279 g/mol. The molecule has 1 aromatic carbocycles. The molecule has 0 bridgehead atoms. The molecule has 20 heavy (non-hydrogen) atoms. The first kappa shape index (κ1) is 14.2. The minimum Gasteiger partial charge on any atom is -0.294 e. The summed E-state index contributed by atoms with van der Waals surface area (Å²) in [4.78, 5) is 16.1. The molecule has 0 amide bonds. The number of hydrogen-bond acceptors (Lipinski definition) is 2. The molecular weight excluding hydrogens is 267 g/mol. The van der Waals surface area contributed by atoms with Gasteiger partial charge in [-0.2, -0.15) is 13.2 Å². The van der Waals surface area contributed by atoms with Crippen molar-refractivity contribution in [2.75, 3.05) is 0 Å². The van der Waals surface area contributed by atoms with Gasteiger partial charge in [-0.25, -0.2) is 0 Å². The molecule has 1 aromatic heterocycles. The standard InChI is InChI=1S/C15H12F3NO/c1-10-3-2-8-19-13(10)9-14(20)11-4-6-12(7-5-11)15(16,17)18/h2-8H,9H2,1H3. The molecular formula is C15H12F3NO. The van der Waals surface area contributed by atoms with Gasteiger partial charge in [0.25, 0.3) is 0 Å². The number of aryl methyl sites for hydroxylation is 1. The predicted molar refractivity (Wildman–Crippen MR) is 68.5 cm³/mol. The molecule has 0 saturated carbocycles. The smallest absolute Gasteiger partial charge is 0.294 e. The normalized spacial score (nSPS) is 11.4. The van der Waals surface area contributed by atoms with Gasteiger partial charge in [-0.05, 0) is 30.7 Å². The van der Waals surface area contributed by atoms with Crippen molar-refractivity contribution in [2.24, 2.45) is 0 Å². The lowest BCUT2D eigenvalue weighted by Gasteiger charge is -2.07. The molecule has 0 aliphatic heterocycles. The van der Waals surface area contributed by atoms with Crippen molar-refractivity contribution in [1.29, 1.82) is 0 Å². The molecule has 0 atom stereocenters. The fourth-order valence-corrected chi connectivity index (χ4v) is 1.80. The van der Waals surface area contributed by atoms with Crippen molar-refractivity contribution in [3.63, 3.8) is 0 Å². The van der Waals surface area contributed by atoms with E-state index in [-0.39, 0.29) is 17.8 Å². The Labute approximate surface area is 114 Å². The summed E-state index contributed by atoms with van der Waals surface area (Å²) in [5, 5.41) is 0. The largest absolute Gasteiger partial charge is 0.416 e. The Kier molecular flexibility index (Phi) is 3.88. The van der Waals surface area contributed by atoms with Crippen LogP contribution in [0.25, 0.3) is 0 Å². The highest BCUT2D eigenvalue weighted by Crippen LogP contribution is 2.29. The second kappa shape index (κ2) is 5.45. The Morgan fingerprint density at radius 2 is 1.80 bits per heavy atom. The number of alkyl halides is 3. The van der Waals surface area contributed by atoms with Crippen molar-refractivity contribution < 1.29 is 18.0 Å². The van der Waals surface area contributed by atoms with E-state index in [1.54, 1.807) is 12.3 Å². The highest BCUT2D eigenvalue weighted by Gasteiger charge is 2.30. The van der Waals surface area contributed by atoms with Crippen LogP contribution in [0.15, 0.2) is 42.6 Å². The number of rotatable bonds is 3. The predicted octanol–water partition coefficient (Wildman–Crippen LogP) is 3.83. The second-order valence-electron chi connectivity index (χ2n) is 4.44. The lowest BCUT2D eigenvalue weighted by Crippen LogP contribution is -2.08. The SMILES string of the molecule is Cc1cccnc1CC(=O)c1ccc(C(F)(F)F)cc1. The summed E-state index contributed by atoms with van der Waals surface area (Å²) in [7, 11) is 0. The molecule has 0 fully saturated rings. The van der Waals surface area contributed by atoms with Crippen LogP contribution >= 0.6 is 0 Å². The number of pyridine rings is 1. The van der Waals surface area contributed by atoms with E-state index in [9.17, 15) is 18.0 Å². The number of hydrogen-bond donors (Lipinski definition) is 0. The minimum atomic E-state index is -4.39. The molecule has 0 radical (unpaired) electrons. The van der Waals surface area contributed by atoms with E-state index in [0.29, 0.717) is 5.69 Å². The van der Waals surface area contributed by atoms with E-state index in [0.717, 1.165) is 17.7 Å². The van der Waals surface area contributed by atoms with E-state index < -0.39 is 11.7 Å². The summed E-state index contributed by atoms with van der Waals surface area (Å²) in [6.45, 7) is 1.84. The lowest BCUT2D eigenvalue weighted by molar-refractivity contribution is -0.137. The van der Waals surface area contributed by atoms with Gasteiger partial charge >= 0.3 is 6.18 Å². The average Bonchev–Trinajstić information content (AvgIpc) is 2.40. The van der Waals surface area contributed by atoms with Crippen LogP contribution < -0.4 is 0 Å². The van der Waals surface area contributed by atoms with Gasteiger partial charge in [0.1, 0.15) is 0 Å². The fraction of sp³-hybridized carbons (Fsp3) is 0.200. The van der Waals surface area contributed by atoms with E-state index in [2.05, 4.69) is 4.98 Å². The van der Waals surface area contributed by atoms with Gasteiger partial charge in [0.15, 0.2) is 5.78 Å². The monoisotopic (exact) mass is 279 g/mol. The van der Waals surface area contributed by atoms with Crippen molar-refractivity contribution in [3.05, 3.63) is 65.0 Å².